The Hall–Kier alpha value is -4.96. The topological polar surface area (TPSA) is 76.2 Å². The van der Waals surface area contributed by atoms with Crippen LogP contribution in [0.15, 0.2) is 109 Å². The van der Waals surface area contributed by atoms with Crippen molar-refractivity contribution >= 4 is 68.7 Å². The van der Waals surface area contributed by atoms with E-state index in [9.17, 15) is 14.4 Å². The van der Waals surface area contributed by atoms with E-state index < -0.39 is 17.8 Å². The first-order chi connectivity index (χ1) is 21.7. The highest BCUT2D eigenvalue weighted by atomic mass is 127. The number of benzene rings is 5. The first-order valence-corrected chi connectivity index (χ1v) is 15.4. The van der Waals surface area contributed by atoms with Gasteiger partial charge in [0.15, 0.2) is 11.5 Å². The Kier molecular flexibility index (Phi) is 8.40. The molecule has 8 heteroatoms. The predicted octanol–water partition coefficient (Wildman–Crippen LogP) is 8.23. The van der Waals surface area contributed by atoms with E-state index in [4.69, 9.17) is 9.47 Å². The Morgan fingerprint density at radius 3 is 2.22 bits per heavy atom. The molecule has 1 aliphatic heterocycles. The molecule has 4 amide bonds. The molecule has 0 unspecified atom stereocenters. The molecule has 45 heavy (non-hydrogen) atoms. The van der Waals surface area contributed by atoms with E-state index >= 15 is 0 Å². The number of fused-ring (bicyclic) bond motifs is 1. The number of imide groups is 2. The number of carbonyl (C=O) groups is 3. The number of rotatable bonds is 7. The lowest BCUT2D eigenvalue weighted by Gasteiger charge is -2.34. The molecule has 7 nitrogen and oxygen atoms in total. The number of anilines is 2. The van der Waals surface area contributed by atoms with Gasteiger partial charge in [-0.3, -0.25) is 9.59 Å². The molecule has 0 N–H and O–H groups in total. The number of hydrogen-bond donors (Lipinski definition) is 0. The molecule has 6 rings (SSSR count). The molecule has 224 valence electrons. The zero-order valence-electron chi connectivity index (χ0n) is 24.9. The van der Waals surface area contributed by atoms with Crippen LogP contribution in [0, 0.1) is 17.4 Å². The van der Waals surface area contributed by atoms with Gasteiger partial charge in [0.1, 0.15) is 12.2 Å². The summed E-state index contributed by atoms with van der Waals surface area (Å²) in [5, 5.41) is 1.58. The molecule has 0 aliphatic carbocycles. The number of aryl methyl sites for hydroxylation is 2. The summed E-state index contributed by atoms with van der Waals surface area (Å²) in [4.78, 5) is 44.4. The summed E-state index contributed by atoms with van der Waals surface area (Å²) in [6, 6.07) is 30.9. The number of barbiturate groups is 1. The van der Waals surface area contributed by atoms with Crippen molar-refractivity contribution in [3.8, 4) is 11.5 Å². The number of carbonyl (C=O) groups excluding carboxylic acids is 3. The minimum absolute atomic E-state index is 0.157. The Morgan fingerprint density at radius 2 is 1.47 bits per heavy atom. The van der Waals surface area contributed by atoms with E-state index in [1.54, 1.807) is 43.5 Å². The standard InChI is InChI=1S/C37H29IN2O5/c1-23-14-16-25(17-15-23)22-45-34-31(38)20-26(21-33(34)44-3)19-30-35(41)39(28-11-6-8-24(2)18-28)37(43)40(36(30)42)32-13-7-10-27-9-4-5-12-29(27)32/h4-21H,22H2,1-3H3/b30-19+. The van der Waals surface area contributed by atoms with Crippen molar-refractivity contribution in [2.45, 2.75) is 20.5 Å². The van der Waals surface area contributed by atoms with Gasteiger partial charge in [-0.25, -0.2) is 14.6 Å². The first kappa shape index (κ1) is 30.1. The number of ether oxygens (including phenoxy) is 2. The number of halogens is 1. The molecule has 1 fully saturated rings. The van der Waals surface area contributed by atoms with Crippen LogP contribution in [0.4, 0.5) is 16.2 Å². The van der Waals surface area contributed by atoms with E-state index in [0.717, 1.165) is 35.4 Å². The molecule has 1 aliphatic rings. The molecule has 1 saturated heterocycles. The van der Waals surface area contributed by atoms with Gasteiger partial charge >= 0.3 is 6.03 Å². The van der Waals surface area contributed by atoms with Gasteiger partial charge in [-0.15, -0.1) is 0 Å². The van der Waals surface area contributed by atoms with E-state index in [-0.39, 0.29) is 5.57 Å². The van der Waals surface area contributed by atoms with Gasteiger partial charge < -0.3 is 9.47 Å². The molecule has 0 saturated carbocycles. The molecule has 1 heterocycles. The summed E-state index contributed by atoms with van der Waals surface area (Å²) in [6.45, 7) is 4.25. The monoisotopic (exact) mass is 708 g/mol. The molecule has 5 aromatic rings. The van der Waals surface area contributed by atoms with Crippen molar-refractivity contribution in [3.63, 3.8) is 0 Å². The van der Waals surface area contributed by atoms with Gasteiger partial charge in [0.05, 0.1) is 22.1 Å². The fourth-order valence-electron chi connectivity index (χ4n) is 5.31. The van der Waals surface area contributed by atoms with Crippen LogP contribution >= 0.6 is 22.6 Å². The van der Waals surface area contributed by atoms with Crippen LogP contribution in [0.5, 0.6) is 11.5 Å². The van der Waals surface area contributed by atoms with E-state index in [2.05, 4.69) is 22.6 Å². The SMILES string of the molecule is COc1cc(/C=C2\C(=O)N(c3cccc(C)c3)C(=O)N(c3cccc4ccccc34)C2=O)cc(I)c1OCc1ccc(C)cc1. The van der Waals surface area contributed by atoms with Gasteiger partial charge in [-0.05, 0) is 94.9 Å². The van der Waals surface area contributed by atoms with Crippen molar-refractivity contribution in [1.82, 2.24) is 0 Å². The Balaban J connectivity index is 1.44. The average Bonchev–Trinajstić information content (AvgIpc) is 3.03. The summed E-state index contributed by atoms with van der Waals surface area (Å²) >= 11 is 2.15. The number of nitrogens with zero attached hydrogens (tertiary/aromatic N) is 2. The van der Waals surface area contributed by atoms with Crippen LogP contribution in [0.1, 0.15) is 22.3 Å². The van der Waals surface area contributed by atoms with Gasteiger partial charge in [-0.2, -0.15) is 0 Å². The van der Waals surface area contributed by atoms with Crippen LogP contribution in [0.25, 0.3) is 16.8 Å². The van der Waals surface area contributed by atoms with E-state index in [0.29, 0.717) is 40.4 Å². The largest absolute Gasteiger partial charge is 0.493 e. The third kappa shape index (κ3) is 5.93. The van der Waals surface area contributed by atoms with Crippen molar-refractivity contribution in [2.75, 3.05) is 16.9 Å². The van der Waals surface area contributed by atoms with Crippen LogP contribution in [0.3, 0.4) is 0 Å². The zero-order valence-corrected chi connectivity index (χ0v) is 27.1. The number of hydrogen-bond acceptors (Lipinski definition) is 5. The molecule has 0 atom stereocenters. The second kappa shape index (κ2) is 12.6. The van der Waals surface area contributed by atoms with Crippen molar-refractivity contribution in [3.05, 3.63) is 135 Å². The second-order valence-corrected chi connectivity index (χ2v) is 11.9. The molecule has 0 spiro atoms. The lowest BCUT2D eigenvalue weighted by Crippen LogP contribution is -2.57. The minimum Gasteiger partial charge on any atom is -0.493 e. The lowest BCUT2D eigenvalue weighted by molar-refractivity contribution is -0.121. The highest BCUT2D eigenvalue weighted by molar-refractivity contribution is 14.1. The normalized spacial score (nSPS) is 14.4. The summed E-state index contributed by atoms with van der Waals surface area (Å²) < 4.78 is 12.5. The smallest absolute Gasteiger partial charge is 0.343 e. The maximum atomic E-state index is 14.2. The number of amides is 4. The Bertz CT molecular complexity index is 2000. The van der Waals surface area contributed by atoms with Crippen LogP contribution < -0.4 is 19.3 Å². The fourth-order valence-corrected chi connectivity index (χ4v) is 6.09. The molecule has 5 aromatic carbocycles. The number of urea groups is 1. The summed E-state index contributed by atoms with van der Waals surface area (Å²) in [5.41, 5.74) is 4.20. The van der Waals surface area contributed by atoms with Crippen LogP contribution in [-0.2, 0) is 16.2 Å². The fraction of sp³-hybridized carbons (Fsp3) is 0.108. The summed E-state index contributed by atoms with van der Waals surface area (Å²) in [6.07, 6.45) is 1.51. The molecule has 0 radical (unpaired) electrons. The van der Waals surface area contributed by atoms with Crippen molar-refractivity contribution < 1.29 is 23.9 Å². The maximum absolute atomic E-state index is 14.2. The highest BCUT2D eigenvalue weighted by Gasteiger charge is 2.44. The quantitative estimate of drug-likeness (QED) is 0.0968. The van der Waals surface area contributed by atoms with E-state index in [1.165, 1.54) is 6.08 Å². The van der Waals surface area contributed by atoms with Crippen molar-refractivity contribution in [2.24, 2.45) is 0 Å². The predicted molar refractivity (Wildman–Crippen MR) is 185 cm³/mol. The third-order valence-electron chi connectivity index (χ3n) is 7.58. The lowest BCUT2D eigenvalue weighted by atomic mass is 10.0. The second-order valence-electron chi connectivity index (χ2n) is 10.8. The Labute approximate surface area is 274 Å². The summed E-state index contributed by atoms with van der Waals surface area (Å²) in [7, 11) is 1.54. The molecular formula is C37H29IN2O5. The maximum Gasteiger partial charge on any atom is 0.343 e. The minimum atomic E-state index is -0.740. The Morgan fingerprint density at radius 1 is 0.756 bits per heavy atom. The number of methoxy groups -OCH3 is 1. The third-order valence-corrected chi connectivity index (χ3v) is 8.38. The van der Waals surface area contributed by atoms with Crippen LogP contribution in [0.2, 0.25) is 0 Å². The molecule has 0 aromatic heterocycles. The van der Waals surface area contributed by atoms with E-state index in [1.807, 2.05) is 80.6 Å². The van der Waals surface area contributed by atoms with Crippen molar-refractivity contribution in [1.29, 1.82) is 0 Å². The zero-order chi connectivity index (χ0) is 31.7. The van der Waals surface area contributed by atoms with Gasteiger partial charge in [0.2, 0.25) is 0 Å². The molecule has 0 bridgehead atoms. The highest BCUT2D eigenvalue weighted by Crippen LogP contribution is 2.37. The average molecular weight is 709 g/mol. The summed E-state index contributed by atoms with van der Waals surface area (Å²) in [5.74, 6) is -0.412. The van der Waals surface area contributed by atoms with Gasteiger partial charge in [-0.1, -0.05) is 78.4 Å². The molecular weight excluding hydrogens is 679 g/mol. The first-order valence-electron chi connectivity index (χ1n) is 14.3. The van der Waals surface area contributed by atoms with Gasteiger partial charge in [0, 0.05) is 5.39 Å². The van der Waals surface area contributed by atoms with Gasteiger partial charge in [0.25, 0.3) is 11.8 Å². The van der Waals surface area contributed by atoms with Crippen LogP contribution in [-0.4, -0.2) is 25.0 Å².